The Labute approximate surface area is 172 Å². The van der Waals surface area contributed by atoms with Crippen molar-refractivity contribution in [1.82, 2.24) is 20.2 Å². The van der Waals surface area contributed by atoms with Gasteiger partial charge in [0.05, 0.1) is 5.52 Å². The molecule has 3 N–H and O–H groups in total. The van der Waals surface area contributed by atoms with E-state index in [9.17, 15) is 9.59 Å². The molecule has 0 unspecified atom stereocenters. The predicted molar refractivity (Wildman–Crippen MR) is 111 cm³/mol. The average Bonchev–Trinajstić information content (AvgIpc) is 3.42. The van der Waals surface area contributed by atoms with Gasteiger partial charge in [-0.15, -0.1) is 11.6 Å². The molecule has 1 saturated carbocycles. The number of carbonyl (C=O) groups excluding carboxylic acids is 2. The number of urea groups is 1. The summed E-state index contributed by atoms with van der Waals surface area (Å²) in [6.45, 7) is 0.363. The third kappa shape index (κ3) is 4.78. The zero-order chi connectivity index (χ0) is 20.2. The molecule has 1 aliphatic carbocycles. The number of pyridine rings is 1. The van der Waals surface area contributed by atoms with Crippen LogP contribution in [0.5, 0.6) is 11.5 Å². The molecule has 9 heteroatoms. The number of hydrogen-bond donors (Lipinski definition) is 3. The van der Waals surface area contributed by atoms with E-state index in [-0.39, 0.29) is 12.1 Å². The summed E-state index contributed by atoms with van der Waals surface area (Å²) in [7, 11) is 0. The Balaban J connectivity index is 1.46. The molecule has 29 heavy (non-hydrogen) atoms. The third-order valence-corrected chi connectivity index (χ3v) is 4.56. The van der Waals surface area contributed by atoms with Gasteiger partial charge in [-0.3, -0.25) is 9.88 Å². The molecule has 1 aromatic carbocycles. The highest BCUT2D eigenvalue weighted by atomic mass is 35.5. The molecular weight excluding hydrogens is 394 g/mol. The highest BCUT2D eigenvalue weighted by molar-refractivity contribution is 6.18. The van der Waals surface area contributed by atoms with Crippen LogP contribution in [0.4, 0.5) is 15.4 Å². The van der Waals surface area contributed by atoms with E-state index in [0.29, 0.717) is 35.8 Å². The predicted octanol–water partition coefficient (Wildman–Crippen LogP) is 3.91. The molecule has 2 aromatic heterocycles. The fourth-order valence-corrected chi connectivity index (χ4v) is 2.93. The number of halogens is 1. The van der Waals surface area contributed by atoms with Gasteiger partial charge >= 0.3 is 12.1 Å². The Kier molecular flexibility index (Phi) is 5.53. The van der Waals surface area contributed by atoms with Crippen LogP contribution in [0.25, 0.3) is 10.9 Å². The lowest BCUT2D eigenvalue weighted by molar-refractivity contribution is 0.243. The minimum Gasteiger partial charge on any atom is -0.457 e. The van der Waals surface area contributed by atoms with E-state index in [4.69, 9.17) is 16.3 Å². The second-order valence-corrected chi connectivity index (χ2v) is 7.06. The van der Waals surface area contributed by atoms with Crippen molar-refractivity contribution in [3.05, 3.63) is 48.8 Å². The molecule has 3 amide bonds. The number of ether oxygens (including phenoxy) is 1. The number of nitrogens with one attached hydrogen (secondary N) is 3. The summed E-state index contributed by atoms with van der Waals surface area (Å²) in [5, 5.41) is 9.09. The molecule has 3 aromatic rings. The van der Waals surface area contributed by atoms with Crippen LogP contribution in [0.15, 0.2) is 48.8 Å². The zero-order valence-electron chi connectivity index (χ0n) is 15.5. The van der Waals surface area contributed by atoms with Gasteiger partial charge in [0.25, 0.3) is 0 Å². The number of rotatable bonds is 6. The fourth-order valence-electron chi connectivity index (χ4n) is 2.83. The van der Waals surface area contributed by atoms with Crippen LogP contribution in [0.3, 0.4) is 0 Å². The summed E-state index contributed by atoms with van der Waals surface area (Å²) in [6, 6.07) is 10.5. The van der Waals surface area contributed by atoms with E-state index in [2.05, 4.69) is 20.9 Å². The van der Waals surface area contributed by atoms with E-state index in [1.165, 1.54) is 0 Å². The molecule has 0 radical (unpaired) electrons. The Morgan fingerprint density at radius 1 is 1.17 bits per heavy atom. The maximum absolute atomic E-state index is 12.3. The van der Waals surface area contributed by atoms with Crippen LogP contribution in [0.1, 0.15) is 12.8 Å². The standard InChI is InChI=1S/C20H20ClN5O3/c21-7-9-23-19(27)25-18-12-16(5-8-22-18)29-15-3-4-17-13(11-15)6-10-26(17)20(28)24-14-1-2-14/h3-6,8,10-12,14H,1-2,7,9H2,(H,24,28)(H2,22,23,25,27). The number of aromatic nitrogens is 2. The van der Waals surface area contributed by atoms with Gasteiger partial charge in [0, 0.05) is 42.3 Å². The quantitative estimate of drug-likeness (QED) is 0.534. The monoisotopic (exact) mass is 413 g/mol. The van der Waals surface area contributed by atoms with E-state index in [1.54, 1.807) is 35.2 Å². The molecule has 1 fully saturated rings. The van der Waals surface area contributed by atoms with Crippen LogP contribution in [-0.2, 0) is 0 Å². The number of carbonyl (C=O) groups is 2. The van der Waals surface area contributed by atoms with Crippen molar-refractivity contribution in [2.45, 2.75) is 18.9 Å². The fraction of sp³-hybridized carbons (Fsp3) is 0.250. The summed E-state index contributed by atoms with van der Waals surface area (Å²) >= 11 is 5.55. The lowest BCUT2D eigenvalue weighted by atomic mass is 10.2. The second-order valence-electron chi connectivity index (χ2n) is 6.68. The number of amides is 3. The molecule has 0 atom stereocenters. The minimum atomic E-state index is -0.387. The van der Waals surface area contributed by atoms with Crippen LogP contribution in [0.2, 0.25) is 0 Å². The van der Waals surface area contributed by atoms with Crippen molar-refractivity contribution in [2.75, 3.05) is 17.7 Å². The van der Waals surface area contributed by atoms with Crippen LogP contribution < -0.4 is 20.7 Å². The summed E-state index contributed by atoms with van der Waals surface area (Å²) in [5.41, 5.74) is 0.809. The summed E-state index contributed by atoms with van der Waals surface area (Å²) in [5.74, 6) is 1.83. The Morgan fingerprint density at radius 2 is 2.00 bits per heavy atom. The first kappa shape index (κ1) is 19.1. The average molecular weight is 414 g/mol. The number of fused-ring (bicyclic) bond motifs is 1. The van der Waals surface area contributed by atoms with Crippen molar-refractivity contribution in [1.29, 1.82) is 0 Å². The van der Waals surface area contributed by atoms with E-state index >= 15 is 0 Å². The van der Waals surface area contributed by atoms with Gasteiger partial charge in [0.1, 0.15) is 17.3 Å². The first-order valence-electron chi connectivity index (χ1n) is 9.29. The van der Waals surface area contributed by atoms with Crippen molar-refractivity contribution >= 4 is 40.4 Å². The van der Waals surface area contributed by atoms with E-state index in [0.717, 1.165) is 23.7 Å². The smallest absolute Gasteiger partial charge is 0.326 e. The number of benzene rings is 1. The SMILES string of the molecule is O=C(NCCCl)Nc1cc(Oc2ccc3c(ccn3C(=O)NC3CC3)c2)ccn1. The van der Waals surface area contributed by atoms with Crippen molar-refractivity contribution in [2.24, 2.45) is 0 Å². The van der Waals surface area contributed by atoms with Crippen molar-refractivity contribution < 1.29 is 14.3 Å². The molecule has 0 bridgehead atoms. The van der Waals surface area contributed by atoms with Gasteiger partial charge in [-0.25, -0.2) is 14.6 Å². The third-order valence-electron chi connectivity index (χ3n) is 4.37. The van der Waals surface area contributed by atoms with Gasteiger partial charge in [-0.1, -0.05) is 0 Å². The molecule has 2 heterocycles. The normalized spacial score (nSPS) is 13.1. The number of nitrogens with zero attached hydrogens (tertiary/aromatic N) is 2. The highest BCUT2D eigenvalue weighted by Crippen LogP contribution is 2.27. The summed E-state index contributed by atoms with van der Waals surface area (Å²) < 4.78 is 7.49. The molecule has 150 valence electrons. The largest absolute Gasteiger partial charge is 0.457 e. The maximum atomic E-state index is 12.3. The topological polar surface area (TPSA) is 97.3 Å². The molecule has 0 spiro atoms. The zero-order valence-corrected chi connectivity index (χ0v) is 16.3. The Bertz CT molecular complexity index is 1050. The number of anilines is 1. The molecule has 4 rings (SSSR count). The van der Waals surface area contributed by atoms with Gasteiger partial charge in [0.2, 0.25) is 0 Å². The Morgan fingerprint density at radius 3 is 2.79 bits per heavy atom. The van der Waals surface area contributed by atoms with Crippen LogP contribution >= 0.6 is 11.6 Å². The number of hydrogen-bond acceptors (Lipinski definition) is 4. The minimum absolute atomic E-state index is 0.117. The summed E-state index contributed by atoms with van der Waals surface area (Å²) in [6.07, 6.45) is 5.38. The first-order valence-corrected chi connectivity index (χ1v) is 9.82. The van der Waals surface area contributed by atoms with Gasteiger partial charge in [0.15, 0.2) is 0 Å². The van der Waals surface area contributed by atoms with Gasteiger partial charge in [-0.2, -0.15) is 0 Å². The molecule has 0 saturated heterocycles. The molecular formula is C20H20ClN5O3. The number of alkyl halides is 1. The van der Waals surface area contributed by atoms with E-state index < -0.39 is 0 Å². The molecule has 1 aliphatic rings. The van der Waals surface area contributed by atoms with Crippen LogP contribution in [-0.4, -0.2) is 40.1 Å². The lowest BCUT2D eigenvalue weighted by Gasteiger charge is -2.09. The van der Waals surface area contributed by atoms with Gasteiger partial charge < -0.3 is 15.4 Å². The second kappa shape index (κ2) is 8.40. The van der Waals surface area contributed by atoms with Crippen molar-refractivity contribution in [3.8, 4) is 11.5 Å². The summed E-state index contributed by atoms with van der Waals surface area (Å²) in [4.78, 5) is 28.1. The van der Waals surface area contributed by atoms with Crippen molar-refractivity contribution in [3.63, 3.8) is 0 Å². The highest BCUT2D eigenvalue weighted by Gasteiger charge is 2.24. The first-order chi connectivity index (χ1) is 14.1. The van der Waals surface area contributed by atoms with E-state index in [1.807, 2.05) is 18.2 Å². The van der Waals surface area contributed by atoms with Crippen LogP contribution in [0, 0.1) is 0 Å². The Hall–Kier alpha value is -3.26. The molecule has 8 nitrogen and oxygen atoms in total. The maximum Gasteiger partial charge on any atom is 0.326 e. The van der Waals surface area contributed by atoms with Gasteiger partial charge in [-0.05, 0) is 43.2 Å². The molecule has 0 aliphatic heterocycles. The lowest BCUT2D eigenvalue weighted by Crippen LogP contribution is -2.30.